The van der Waals surface area contributed by atoms with Crippen LogP contribution in [-0.4, -0.2) is 77.4 Å². The molecule has 0 saturated carbocycles. The van der Waals surface area contributed by atoms with E-state index in [1.54, 1.807) is 0 Å². The van der Waals surface area contributed by atoms with Crippen molar-refractivity contribution in [1.29, 1.82) is 0 Å². The Labute approximate surface area is 104 Å². The van der Waals surface area contributed by atoms with Gasteiger partial charge in [-0.1, -0.05) is 0 Å². The summed E-state index contributed by atoms with van der Waals surface area (Å²) in [5.74, 6) is -1.77. The molecular formula is C10H16N2O6. The lowest BCUT2D eigenvalue weighted by Gasteiger charge is -2.26. The highest BCUT2D eigenvalue weighted by atomic mass is 16.5. The average molecular weight is 260 g/mol. The second kappa shape index (κ2) is 5.67. The van der Waals surface area contributed by atoms with Gasteiger partial charge in [0.1, 0.15) is 12.6 Å². The Balaban J connectivity index is 2.70. The first-order valence-corrected chi connectivity index (χ1v) is 5.36. The number of urea groups is 1. The summed E-state index contributed by atoms with van der Waals surface area (Å²) in [5.41, 5.74) is 0. The van der Waals surface area contributed by atoms with Gasteiger partial charge in [0.15, 0.2) is 0 Å². The number of aliphatic hydroxyl groups excluding tert-OH is 1. The summed E-state index contributed by atoms with van der Waals surface area (Å²) >= 11 is 0. The SMILES string of the molecule is COC(=O)CN(C)C(=O)N1C[C@@H](O)C[C@H]1C(=O)O. The van der Waals surface area contributed by atoms with Crippen molar-refractivity contribution < 1.29 is 29.3 Å². The van der Waals surface area contributed by atoms with Crippen LogP contribution < -0.4 is 0 Å². The van der Waals surface area contributed by atoms with E-state index in [9.17, 15) is 19.5 Å². The van der Waals surface area contributed by atoms with Gasteiger partial charge in [-0.25, -0.2) is 9.59 Å². The summed E-state index contributed by atoms with van der Waals surface area (Å²) in [4.78, 5) is 36.0. The fourth-order valence-corrected chi connectivity index (χ4v) is 1.80. The fourth-order valence-electron chi connectivity index (χ4n) is 1.80. The highest BCUT2D eigenvalue weighted by Crippen LogP contribution is 2.19. The fraction of sp³-hybridized carbons (Fsp3) is 0.700. The molecule has 8 nitrogen and oxygen atoms in total. The van der Waals surface area contributed by atoms with Crippen LogP contribution in [0.1, 0.15) is 6.42 Å². The van der Waals surface area contributed by atoms with Crippen LogP contribution in [0.3, 0.4) is 0 Å². The van der Waals surface area contributed by atoms with E-state index in [0.29, 0.717) is 0 Å². The van der Waals surface area contributed by atoms with E-state index < -0.39 is 30.1 Å². The molecule has 1 saturated heterocycles. The van der Waals surface area contributed by atoms with Crippen LogP contribution >= 0.6 is 0 Å². The number of carboxylic acid groups (broad SMARTS) is 1. The van der Waals surface area contributed by atoms with Gasteiger partial charge < -0.3 is 24.7 Å². The second-order valence-electron chi connectivity index (χ2n) is 4.11. The summed E-state index contributed by atoms with van der Waals surface area (Å²) in [6, 6.07) is -1.68. The minimum Gasteiger partial charge on any atom is -0.480 e. The van der Waals surface area contributed by atoms with E-state index in [1.165, 1.54) is 14.2 Å². The third-order valence-electron chi connectivity index (χ3n) is 2.73. The number of β-amino-alcohol motifs (C(OH)–C–C–N with tert-alkyl or cyclic N) is 1. The second-order valence-corrected chi connectivity index (χ2v) is 4.11. The van der Waals surface area contributed by atoms with Crippen molar-refractivity contribution in [2.45, 2.75) is 18.6 Å². The van der Waals surface area contributed by atoms with Crippen molar-refractivity contribution in [3.8, 4) is 0 Å². The Hall–Kier alpha value is -1.83. The number of carbonyl (C=O) groups is 3. The van der Waals surface area contributed by atoms with Crippen molar-refractivity contribution >= 4 is 18.0 Å². The minimum atomic E-state index is -1.17. The van der Waals surface area contributed by atoms with Gasteiger partial charge in [0.05, 0.1) is 13.2 Å². The van der Waals surface area contributed by atoms with Crippen molar-refractivity contribution in [2.24, 2.45) is 0 Å². The third kappa shape index (κ3) is 3.10. The number of rotatable bonds is 3. The molecule has 2 N–H and O–H groups in total. The lowest BCUT2D eigenvalue weighted by atomic mass is 10.2. The quantitative estimate of drug-likeness (QED) is 0.613. The number of aliphatic carboxylic acids is 1. The van der Waals surface area contributed by atoms with E-state index in [2.05, 4.69) is 4.74 Å². The van der Waals surface area contributed by atoms with Crippen molar-refractivity contribution in [1.82, 2.24) is 9.80 Å². The van der Waals surface area contributed by atoms with Gasteiger partial charge >= 0.3 is 18.0 Å². The van der Waals surface area contributed by atoms with Gasteiger partial charge in [0.2, 0.25) is 0 Å². The van der Waals surface area contributed by atoms with Crippen molar-refractivity contribution in [2.75, 3.05) is 27.2 Å². The van der Waals surface area contributed by atoms with Crippen LogP contribution in [0.4, 0.5) is 4.79 Å². The first-order valence-electron chi connectivity index (χ1n) is 5.36. The number of nitrogens with zero attached hydrogens (tertiary/aromatic N) is 2. The van der Waals surface area contributed by atoms with Crippen LogP contribution in [0.2, 0.25) is 0 Å². The number of methoxy groups -OCH3 is 1. The van der Waals surface area contributed by atoms with E-state index in [4.69, 9.17) is 5.11 Å². The summed E-state index contributed by atoms with van der Waals surface area (Å²) in [6.45, 7) is -0.324. The monoisotopic (exact) mass is 260 g/mol. The Morgan fingerprint density at radius 1 is 1.44 bits per heavy atom. The highest BCUT2D eigenvalue weighted by molar-refractivity contribution is 5.85. The number of carboxylic acids is 1. The topological polar surface area (TPSA) is 107 Å². The number of hydrogen-bond donors (Lipinski definition) is 2. The number of likely N-dealkylation sites (tertiary alicyclic amines) is 1. The maximum absolute atomic E-state index is 11.9. The zero-order valence-electron chi connectivity index (χ0n) is 10.2. The molecule has 1 aliphatic rings. The van der Waals surface area contributed by atoms with Gasteiger partial charge in [0, 0.05) is 20.0 Å². The van der Waals surface area contributed by atoms with E-state index in [0.717, 1.165) is 9.80 Å². The molecule has 1 heterocycles. The van der Waals surface area contributed by atoms with Crippen LogP contribution in [0.15, 0.2) is 0 Å². The zero-order chi connectivity index (χ0) is 13.9. The normalized spacial score (nSPS) is 22.7. The molecule has 2 amide bonds. The summed E-state index contributed by atoms with van der Waals surface area (Å²) < 4.78 is 4.41. The number of amides is 2. The maximum Gasteiger partial charge on any atom is 0.326 e. The van der Waals surface area contributed by atoms with Crippen molar-refractivity contribution in [3.63, 3.8) is 0 Å². The molecule has 0 aromatic rings. The van der Waals surface area contributed by atoms with Crippen LogP contribution in [-0.2, 0) is 14.3 Å². The summed E-state index contributed by atoms with van der Waals surface area (Å²) in [6.07, 6.45) is -0.866. The largest absolute Gasteiger partial charge is 0.480 e. The molecule has 1 aliphatic heterocycles. The van der Waals surface area contributed by atoms with E-state index in [1.807, 2.05) is 0 Å². The summed E-state index contributed by atoms with van der Waals surface area (Å²) in [5, 5.41) is 18.4. The Morgan fingerprint density at radius 3 is 2.56 bits per heavy atom. The smallest absolute Gasteiger partial charge is 0.326 e. The third-order valence-corrected chi connectivity index (χ3v) is 2.73. The minimum absolute atomic E-state index is 0.00681. The van der Waals surface area contributed by atoms with Crippen LogP contribution in [0, 0.1) is 0 Å². The highest BCUT2D eigenvalue weighted by Gasteiger charge is 2.40. The molecule has 0 aromatic heterocycles. The van der Waals surface area contributed by atoms with Crippen LogP contribution in [0.5, 0.6) is 0 Å². The number of hydrogen-bond acceptors (Lipinski definition) is 5. The predicted octanol–water partition coefficient (Wildman–Crippen LogP) is -1.27. The molecule has 1 fully saturated rings. The summed E-state index contributed by atoms with van der Waals surface area (Å²) in [7, 11) is 2.56. The van der Waals surface area contributed by atoms with Crippen LogP contribution in [0.25, 0.3) is 0 Å². The molecule has 0 bridgehead atoms. The molecule has 18 heavy (non-hydrogen) atoms. The lowest BCUT2D eigenvalue weighted by Crippen LogP contribution is -2.48. The van der Waals surface area contributed by atoms with E-state index >= 15 is 0 Å². The molecule has 8 heteroatoms. The number of esters is 1. The lowest BCUT2D eigenvalue weighted by molar-refractivity contribution is -0.141. The molecule has 102 valence electrons. The molecule has 0 unspecified atom stereocenters. The Kier molecular flexibility index (Phi) is 4.49. The van der Waals surface area contributed by atoms with Gasteiger partial charge in [-0.05, 0) is 0 Å². The molecule has 0 spiro atoms. The molecule has 0 aromatic carbocycles. The maximum atomic E-state index is 11.9. The molecule has 1 rings (SSSR count). The van der Waals surface area contributed by atoms with Gasteiger partial charge in [-0.2, -0.15) is 0 Å². The average Bonchev–Trinajstić information content (AvgIpc) is 2.70. The molecular weight excluding hydrogens is 244 g/mol. The van der Waals surface area contributed by atoms with Gasteiger partial charge in [-0.15, -0.1) is 0 Å². The standard InChI is InChI=1S/C10H16N2O6/c1-11(5-8(14)18-2)10(17)12-4-6(13)3-7(12)9(15)16/h6-7,13H,3-5H2,1-2H3,(H,15,16)/t6-,7-/m0/s1. The molecule has 2 atom stereocenters. The predicted molar refractivity (Wildman–Crippen MR) is 58.8 cm³/mol. The van der Waals surface area contributed by atoms with Crippen molar-refractivity contribution in [3.05, 3.63) is 0 Å². The number of ether oxygens (including phenoxy) is 1. The Morgan fingerprint density at radius 2 is 2.06 bits per heavy atom. The number of carbonyl (C=O) groups excluding carboxylic acids is 2. The first kappa shape index (κ1) is 14.2. The number of likely N-dealkylation sites (N-methyl/N-ethyl adjacent to an activating group) is 1. The Bertz CT molecular complexity index is 358. The first-order chi connectivity index (χ1) is 8.36. The number of aliphatic hydroxyl groups is 1. The zero-order valence-corrected chi connectivity index (χ0v) is 10.2. The van der Waals surface area contributed by atoms with Gasteiger partial charge in [0.25, 0.3) is 0 Å². The van der Waals surface area contributed by atoms with Gasteiger partial charge in [-0.3, -0.25) is 4.79 Å². The molecule has 0 radical (unpaired) electrons. The van der Waals surface area contributed by atoms with E-state index in [-0.39, 0.29) is 19.5 Å². The molecule has 0 aliphatic carbocycles.